The highest BCUT2D eigenvalue weighted by atomic mass is 16.7. The Morgan fingerprint density at radius 3 is 2.00 bits per heavy atom. The summed E-state index contributed by atoms with van der Waals surface area (Å²) in [6, 6.07) is 0. The van der Waals surface area contributed by atoms with Crippen molar-refractivity contribution in [2.45, 2.75) is 64.3 Å². The topological polar surface area (TPSA) is 202 Å². The quantitative estimate of drug-likeness (QED) is 0.0838. The number of carbonyl (C=O) groups excluding carboxylic acids is 4. The summed E-state index contributed by atoms with van der Waals surface area (Å²) in [5.41, 5.74) is 8.20. The highest BCUT2D eigenvalue weighted by Gasteiger charge is 2.59. The molecule has 1 rings (SSSR count). The van der Waals surface area contributed by atoms with E-state index in [1.54, 1.807) is 0 Å². The summed E-state index contributed by atoms with van der Waals surface area (Å²) >= 11 is 0. The van der Waals surface area contributed by atoms with E-state index >= 15 is 0 Å². The number of rotatable bonds is 14. The highest BCUT2D eigenvalue weighted by Crippen LogP contribution is 2.36. The minimum Gasteiger partial charge on any atom is -0.463 e. The molecule has 1 aliphatic heterocycles. The van der Waals surface area contributed by atoms with Gasteiger partial charge < -0.3 is 38.3 Å². The molecule has 0 bridgehead atoms. The molecular weight excluding hydrogens is 474 g/mol. The van der Waals surface area contributed by atoms with Gasteiger partial charge in [-0.3, -0.25) is 19.2 Å². The molecule has 1 heterocycles. The van der Waals surface area contributed by atoms with Crippen molar-refractivity contribution in [1.29, 1.82) is 0 Å². The lowest BCUT2D eigenvalue weighted by atomic mass is 9.90. The van der Waals surface area contributed by atoms with Crippen LogP contribution in [0.3, 0.4) is 0 Å². The van der Waals surface area contributed by atoms with E-state index < -0.39 is 60.7 Å². The first-order valence-corrected chi connectivity index (χ1v) is 10.7. The van der Waals surface area contributed by atoms with Gasteiger partial charge in [0.1, 0.15) is 12.7 Å². The van der Waals surface area contributed by atoms with Crippen LogP contribution in [0.25, 0.3) is 10.4 Å². The third kappa shape index (κ3) is 10.9. The zero-order valence-corrected chi connectivity index (χ0v) is 20.0. The Hall–Kier alpha value is -2.97. The van der Waals surface area contributed by atoms with Crippen molar-refractivity contribution in [2.24, 2.45) is 5.11 Å². The SMILES string of the molecule is CC(=O)OC[C@H]1O[C@](O)(CCOCCOCCN=[N+]=[N-])[C@H](OC(C)=O)[C@@H](OC(C)=O)[C@@H]1OC(C)=O. The van der Waals surface area contributed by atoms with Gasteiger partial charge in [0, 0.05) is 45.6 Å². The van der Waals surface area contributed by atoms with Gasteiger partial charge >= 0.3 is 23.9 Å². The molecule has 0 aromatic carbocycles. The van der Waals surface area contributed by atoms with Crippen LogP contribution in [0.1, 0.15) is 34.1 Å². The molecule has 15 heteroatoms. The standard InChI is InChI=1S/C20H31N3O12/c1-12(24)31-11-16-17(32-13(2)25)18(33-14(3)26)19(34-15(4)27)20(28,35-16)5-7-29-9-10-30-8-6-22-23-21/h16-19,28H,5-11H2,1-4H3/t16-,17-,18+,19-,20-/m1/s1. The van der Waals surface area contributed by atoms with Crippen LogP contribution in [0, 0.1) is 0 Å². The lowest BCUT2D eigenvalue weighted by Gasteiger charge is -2.48. The zero-order chi connectivity index (χ0) is 26.4. The third-order valence-electron chi connectivity index (χ3n) is 4.51. The fourth-order valence-electron chi connectivity index (χ4n) is 3.25. The molecule has 1 aliphatic rings. The van der Waals surface area contributed by atoms with Crippen LogP contribution >= 0.6 is 0 Å². The second kappa shape index (κ2) is 15.1. The maximum absolute atomic E-state index is 11.8. The van der Waals surface area contributed by atoms with Crippen molar-refractivity contribution < 1.29 is 57.4 Å². The second-order valence-corrected chi connectivity index (χ2v) is 7.41. The predicted molar refractivity (Wildman–Crippen MR) is 113 cm³/mol. The molecule has 35 heavy (non-hydrogen) atoms. The lowest BCUT2D eigenvalue weighted by molar-refractivity contribution is -0.355. The first-order chi connectivity index (χ1) is 16.5. The molecule has 0 saturated carbocycles. The van der Waals surface area contributed by atoms with Crippen LogP contribution in [0.15, 0.2) is 5.11 Å². The molecule has 0 amide bonds. The maximum atomic E-state index is 11.8. The van der Waals surface area contributed by atoms with Gasteiger partial charge in [-0.2, -0.15) is 0 Å². The van der Waals surface area contributed by atoms with Gasteiger partial charge in [0.05, 0.1) is 26.4 Å². The first-order valence-electron chi connectivity index (χ1n) is 10.7. The summed E-state index contributed by atoms with van der Waals surface area (Å²) in [6.45, 7) is 4.48. The minimum absolute atomic E-state index is 0.112. The van der Waals surface area contributed by atoms with Crippen molar-refractivity contribution in [3.05, 3.63) is 10.4 Å². The van der Waals surface area contributed by atoms with E-state index in [-0.39, 0.29) is 39.4 Å². The molecule has 0 aromatic rings. The third-order valence-corrected chi connectivity index (χ3v) is 4.51. The largest absolute Gasteiger partial charge is 0.463 e. The normalized spacial score (nSPS) is 25.6. The van der Waals surface area contributed by atoms with Crippen molar-refractivity contribution in [2.75, 3.05) is 39.6 Å². The van der Waals surface area contributed by atoms with Gasteiger partial charge in [-0.15, -0.1) is 0 Å². The lowest BCUT2D eigenvalue weighted by Crippen LogP contribution is -2.68. The van der Waals surface area contributed by atoms with Gasteiger partial charge in [0.2, 0.25) is 5.79 Å². The van der Waals surface area contributed by atoms with Crippen LogP contribution in [0.2, 0.25) is 0 Å². The molecule has 0 spiro atoms. The molecule has 5 atom stereocenters. The average Bonchev–Trinajstić information content (AvgIpc) is 2.75. The summed E-state index contributed by atoms with van der Waals surface area (Å²) < 4.78 is 37.0. The van der Waals surface area contributed by atoms with Crippen molar-refractivity contribution >= 4 is 23.9 Å². The minimum atomic E-state index is -2.27. The molecule has 0 radical (unpaired) electrons. The fraction of sp³-hybridized carbons (Fsp3) is 0.800. The van der Waals surface area contributed by atoms with Crippen LogP contribution < -0.4 is 0 Å². The molecule has 0 aliphatic carbocycles. The Morgan fingerprint density at radius 2 is 1.46 bits per heavy atom. The Labute approximate surface area is 201 Å². The number of nitrogens with zero attached hydrogens (tertiary/aromatic N) is 3. The Morgan fingerprint density at radius 1 is 0.886 bits per heavy atom. The number of carbonyl (C=O) groups is 4. The molecule has 1 saturated heterocycles. The van der Waals surface area contributed by atoms with E-state index in [2.05, 4.69) is 10.0 Å². The summed E-state index contributed by atoms with van der Waals surface area (Å²) in [5, 5.41) is 14.6. The van der Waals surface area contributed by atoms with Gasteiger partial charge in [0.15, 0.2) is 18.3 Å². The van der Waals surface area contributed by atoms with E-state index in [1.807, 2.05) is 0 Å². The summed E-state index contributed by atoms with van der Waals surface area (Å²) in [7, 11) is 0. The zero-order valence-electron chi connectivity index (χ0n) is 20.0. The van der Waals surface area contributed by atoms with E-state index in [1.165, 1.54) is 0 Å². The monoisotopic (exact) mass is 505 g/mol. The molecule has 1 fully saturated rings. The number of hydrogen-bond donors (Lipinski definition) is 1. The van der Waals surface area contributed by atoms with E-state index in [9.17, 15) is 24.3 Å². The van der Waals surface area contributed by atoms with Gasteiger partial charge in [-0.05, 0) is 5.53 Å². The number of esters is 4. The first kappa shape index (κ1) is 30.1. The van der Waals surface area contributed by atoms with E-state index in [0.717, 1.165) is 27.7 Å². The molecule has 198 valence electrons. The van der Waals surface area contributed by atoms with Gasteiger partial charge in [0.25, 0.3) is 0 Å². The number of ether oxygens (including phenoxy) is 7. The van der Waals surface area contributed by atoms with Gasteiger partial charge in [-0.25, -0.2) is 0 Å². The molecule has 0 unspecified atom stereocenters. The van der Waals surface area contributed by atoms with E-state index in [0.29, 0.717) is 0 Å². The molecular formula is C20H31N3O12. The highest BCUT2D eigenvalue weighted by molar-refractivity contribution is 5.68. The van der Waals surface area contributed by atoms with E-state index in [4.69, 9.17) is 38.7 Å². The number of hydrogen-bond acceptors (Lipinski definition) is 13. The summed E-state index contributed by atoms with van der Waals surface area (Å²) in [4.78, 5) is 49.3. The van der Waals surface area contributed by atoms with Gasteiger partial charge in [-0.1, -0.05) is 5.11 Å². The molecule has 0 aromatic heterocycles. The fourth-order valence-corrected chi connectivity index (χ4v) is 3.25. The van der Waals surface area contributed by atoms with Crippen molar-refractivity contribution in [1.82, 2.24) is 0 Å². The predicted octanol–water partition coefficient (Wildman–Crippen LogP) is 0.166. The average molecular weight is 505 g/mol. The van der Waals surface area contributed by atoms with Crippen LogP contribution in [-0.4, -0.2) is 98.8 Å². The molecule has 1 N–H and O–H groups in total. The summed E-state index contributed by atoms with van der Waals surface area (Å²) in [6.07, 6.45) is -6.00. The molecule has 15 nitrogen and oxygen atoms in total. The van der Waals surface area contributed by atoms with Crippen molar-refractivity contribution in [3.8, 4) is 0 Å². The van der Waals surface area contributed by atoms with Crippen LogP contribution in [-0.2, 0) is 52.3 Å². The summed E-state index contributed by atoms with van der Waals surface area (Å²) in [5.74, 6) is -5.36. The number of aliphatic hydroxyl groups is 1. The number of azide groups is 1. The van der Waals surface area contributed by atoms with Crippen LogP contribution in [0.5, 0.6) is 0 Å². The second-order valence-electron chi connectivity index (χ2n) is 7.41. The maximum Gasteiger partial charge on any atom is 0.303 e. The Kier molecular flexibility index (Phi) is 13.0. The van der Waals surface area contributed by atoms with Crippen molar-refractivity contribution in [3.63, 3.8) is 0 Å². The Balaban J connectivity index is 3.05. The van der Waals surface area contributed by atoms with Crippen LogP contribution in [0.4, 0.5) is 0 Å². The Bertz CT molecular complexity index is 787. The smallest absolute Gasteiger partial charge is 0.303 e.